The van der Waals surface area contributed by atoms with Crippen LogP contribution in [0.25, 0.3) is 11.1 Å². The molecule has 0 bridgehead atoms. The molecule has 416 valence electrons. The zero-order chi connectivity index (χ0) is 56.6. The van der Waals surface area contributed by atoms with E-state index in [9.17, 15) is 10.2 Å². The third-order valence-electron chi connectivity index (χ3n) is 16.3. The molecule has 9 nitrogen and oxygen atoms in total. The average molecular weight is 1100 g/mol. The van der Waals surface area contributed by atoms with Crippen molar-refractivity contribution in [2.75, 3.05) is 53.4 Å². The lowest BCUT2D eigenvalue weighted by Gasteiger charge is -2.55. The molecule has 2 heterocycles. The summed E-state index contributed by atoms with van der Waals surface area (Å²) < 4.78 is 172. The summed E-state index contributed by atoms with van der Waals surface area (Å²) in [5, 5.41) is 33.3. The van der Waals surface area contributed by atoms with Gasteiger partial charge in [-0.1, -0.05) is 48.5 Å². The maximum absolute atomic E-state index is 19.7. The van der Waals surface area contributed by atoms with Gasteiger partial charge in [0.05, 0.1) is 22.0 Å². The predicted molar refractivity (Wildman–Crippen MR) is 274 cm³/mol. The van der Waals surface area contributed by atoms with Crippen LogP contribution in [-0.2, 0) is 4.79 Å². The van der Waals surface area contributed by atoms with Gasteiger partial charge >= 0.3 is 12.4 Å². The quantitative estimate of drug-likeness (QED) is 0.0478. The van der Waals surface area contributed by atoms with Crippen LogP contribution >= 0.6 is 0 Å². The molecule has 0 saturated carbocycles. The Hall–Kier alpha value is -6.41. The van der Waals surface area contributed by atoms with Crippen molar-refractivity contribution in [3.8, 4) is 11.5 Å². The number of alkyl halides is 6. The third-order valence-corrected chi connectivity index (χ3v) is 16.3. The maximum Gasteiger partial charge on any atom is 0.419 e. The molecule has 19 heteroatoms. The Balaban J connectivity index is 1.64. The Labute approximate surface area is 445 Å². The number of allylic oxidation sites excluding steroid dienone is 8. The molecule has 78 heavy (non-hydrogen) atoms. The molecule has 6 N–H and O–H groups in total. The summed E-state index contributed by atoms with van der Waals surface area (Å²) in [6, 6.07) is 15.0. The van der Waals surface area contributed by atoms with Crippen molar-refractivity contribution < 1.29 is 68.5 Å². The first-order valence-corrected chi connectivity index (χ1v) is 25.9. The fraction of sp³-hybridized carbons (Fsp3) is 0.407. The third kappa shape index (κ3) is 10.2. The van der Waals surface area contributed by atoms with Crippen molar-refractivity contribution in [2.45, 2.75) is 64.7 Å². The zero-order valence-corrected chi connectivity index (χ0v) is 43.3. The minimum atomic E-state index is -5.90. The number of rotatable bonds is 16. The van der Waals surface area contributed by atoms with Gasteiger partial charge in [-0.05, 0) is 176 Å². The number of ketones is 3. The summed E-state index contributed by atoms with van der Waals surface area (Å²) in [6.45, 7) is 1.21. The Morgan fingerprint density at radius 2 is 0.962 bits per heavy atom. The number of halogens is 10. The standard InChI is InChI=1S/C59H60F10N4O5/c1-31-39(17-7-19-41(31)60)43-45(51(76)33-11-5-15-37(74)27-33)47(35-13-9-23-72-29-35)56(21-25-70-3,53(62)49(43)58(64,65)66)55(78)57(22-26-71-4)48(36-14-10-24-73-30-36)46(52(77)34-12-6-16-38(75)28-34)44(50(54(57)63)59(67,68)69)40-18-8-20-42(61)32(40)2/h5-8,11-12,15-20,27-28,35-36,47-48,70-75H,9-10,13-14,21-26,29-30H2,1-4H3/t35?,36?,47-,48-,56+,57+/m0/s1. The molecule has 2 saturated heterocycles. The summed E-state index contributed by atoms with van der Waals surface area (Å²) in [5.41, 5.74) is -18.6. The van der Waals surface area contributed by atoms with Crippen LogP contribution in [0.5, 0.6) is 11.5 Å². The number of phenols is 2. The number of carbonyl (C=O) groups is 3. The number of Topliss-reactive ketones (excluding diaryl/α,β-unsaturated/α-hetero) is 3. The van der Waals surface area contributed by atoms with E-state index < -0.39 is 192 Å². The van der Waals surface area contributed by atoms with Crippen LogP contribution in [0.15, 0.2) is 119 Å². The van der Waals surface area contributed by atoms with Gasteiger partial charge in [-0.15, -0.1) is 0 Å². The van der Waals surface area contributed by atoms with Gasteiger partial charge < -0.3 is 31.5 Å². The second-order valence-electron chi connectivity index (χ2n) is 20.7. The highest BCUT2D eigenvalue weighted by molar-refractivity contribution is 6.20. The molecule has 6 atom stereocenters. The smallest absolute Gasteiger partial charge is 0.419 e. The van der Waals surface area contributed by atoms with Gasteiger partial charge in [0, 0.05) is 45.3 Å². The van der Waals surface area contributed by atoms with E-state index in [1.54, 1.807) is 0 Å². The van der Waals surface area contributed by atoms with E-state index in [4.69, 9.17) is 0 Å². The second-order valence-corrected chi connectivity index (χ2v) is 20.7. The van der Waals surface area contributed by atoms with Crippen LogP contribution in [-0.4, -0.2) is 93.3 Å². The number of phenolic OH excluding ortho intramolecular Hbond substituents is 2. The largest absolute Gasteiger partial charge is 0.508 e. The Morgan fingerprint density at radius 1 is 0.590 bits per heavy atom. The van der Waals surface area contributed by atoms with Crippen LogP contribution in [0, 0.1) is 60.0 Å². The number of hydrogen-bond donors (Lipinski definition) is 6. The van der Waals surface area contributed by atoms with Gasteiger partial charge in [-0.25, -0.2) is 17.6 Å². The molecule has 0 spiro atoms. The van der Waals surface area contributed by atoms with E-state index in [1.165, 1.54) is 38.4 Å². The lowest BCUT2D eigenvalue weighted by molar-refractivity contribution is -0.147. The van der Waals surface area contributed by atoms with E-state index in [-0.39, 0.29) is 38.8 Å². The number of benzene rings is 4. The molecule has 8 rings (SSSR count). The molecule has 0 radical (unpaired) electrons. The zero-order valence-electron chi connectivity index (χ0n) is 43.3. The number of hydrogen-bond acceptors (Lipinski definition) is 9. The van der Waals surface area contributed by atoms with Gasteiger partial charge in [-0.2, -0.15) is 26.3 Å². The molecular weight excluding hydrogens is 1030 g/mol. The van der Waals surface area contributed by atoms with Crippen LogP contribution in [0.3, 0.4) is 0 Å². The Bertz CT molecular complexity index is 2930. The molecule has 2 unspecified atom stereocenters. The summed E-state index contributed by atoms with van der Waals surface area (Å²) in [7, 11) is 2.64. The first-order valence-electron chi connectivity index (χ1n) is 25.9. The van der Waals surface area contributed by atoms with Gasteiger partial charge in [0.1, 0.15) is 34.8 Å². The van der Waals surface area contributed by atoms with Gasteiger partial charge in [0.2, 0.25) is 0 Å². The molecule has 4 aromatic rings. The minimum Gasteiger partial charge on any atom is -0.508 e. The van der Waals surface area contributed by atoms with Crippen molar-refractivity contribution in [1.29, 1.82) is 0 Å². The van der Waals surface area contributed by atoms with E-state index in [1.807, 2.05) is 0 Å². The average Bonchev–Trinajstić information content (AvgIpc) is 3.59. The van der Waals surface area contributed by atoms with Crippen LogP contribution < -0.4 is 21.3 Å². The van der Waals surface area contributed by atoms with Crippen molar-refractivity contribution in [2.24, 2.45) is 34.5 Å². The molecular formula is C59H60F10N4O5. The van der Waals surface area contributed by atoms with Gasteiger partial charge in [-0.3, -0.25) is 14.4 Å². The predicted octanol–water partition coefficient (Wildman–Crippen LogP) is 11.6. The number of piperidine rings is 2. The molecule has 2 fully saturated rings. The number of aromatic hydroxyl groups is 2. The molecule has 4 aromatic carbocycles. The normalized spacial score (nSPS) is 24.5. The summed E-state index contributed by atoms with van der Waals surface area (Å²) in [6.07, 6.45) is -13.6. The molecule has 0 amide bonds. The first kappa shape index (κ1) is 57.8. The second kappa shape index (κ2) is 22.7. The first-order chi connectivity index (χ1) is 37.0. The maximum atomic E-state index is 19.7. The molecule has 4 aliphatic rings. The molecule has 2 aliphatic heterocycles. The van der Waals surface area contributed by atoms with Crippen LogP contribution in [0.2, 0.25) is 0 Å². The number of carbonyl (C=O) groups excluding carboxylic acids is 3. The molecule has 0 aromatic heterocycles. The van der Waals surface area contributed by atoms with E-state index in [0.717, 1.165) is 74.5 Å². The van der Waals surface area contributed by atoms with Crippen LogP contribution in [0.4, 0.5) is 43.9 Å². The van der Waals surface area contributed by atoms with Gasteiger partial charge in [0.15, 0.2) is 17.3 Å². The summed E-state index contributed by atoms with van der Waals surface area (Å²) >= 11 is 0. The summed E-state index contributed by atoms with van der Waals surface area (Å²) in [4.78, 5) is 49.4. The highest BCUT2D eigenvalue weighted by Gasteiger charge is 2.70. The minimum absolute atomic E-state index is 0.0388. The monoisotopic (exact) mass is 1090 g/mol. The van der Waals surface area contributed by atoms with Gasteiger partial charge in [0.25, 0.3) is 0 Å². The van der Waals surface area contributed by atoms with Crippen molar-refractivity contribution in [3.63, 3.8) is 0 Å². The highest BCUT2D eigenvalue weighted by atomic mass is 19.4. The van der Waals surface area contributed by atoms with E-state index in [2.05, 4.69) is 21.3 Å². The topological polar surface area (TPSA) is 140 Å². The Morgan fingerprint density at radius 3 is 1.28 bits per heavy atom. The molecule has 2 aliphatic carbocycles. The Kier molecular flexibility index (Phi) is 16.8. The lowest BCUT2D eigenvalue weighted by atomic mass is 9.46. The lowest BCUT2D eigenvalue weighted by Crippen LogP contribution is -2.61. The van der Waals surface area contributed by atoms with Crippen molar-refractivity contribution in [1.82, 2.24) is 21.3 Å². The SMILES string of the molecule is CNCC[C@]1(C(=O)[C@@]2(CCNC)C(F)=C(C(F)(F)F)C(c3cccc(F)c3C)=C(C(=O)c3cccc(O)c3)[C@@H]2C2CCCNC2)C(F)=C(C(F)(F)F)C(c2cccc(F)c2C)=C(C(=O)c2cccc(O)c2)[C@@H]1C1CCCNC1. The fourth-order valence-corrected chi connectivity index (χ4v) is 12.9. The van der Waals surface area contributed by atoms with Crippen LogP contribution in [0.1, 0.15) is 81.5 Å². The van der Waals surface area contributed by atoms with E-state index in [0.29, 0.717) is 13.1 Å². The fourth-order valence-electron chi connectivity index (χ4n) is 12.9. The van der Waals surface area contributed by atoms with Crippen molar-refractivity contribution >= 4 is 28.5 Å². The van der Waals surface area contributed by atoms with E-state index >= 15 is 58.3 Å². The highest BCUT2D eigenvalue weighted by Crippen LogP contribution is 2.68. The number of nitrogens with one attached hydrogen (secondary N) is 4. The van der Waals surface area contributed by atoms with Crippen molar-refractivity contribution in [3.05, 3.63) is 164 Å². The summed E-state index contributed by atoms with van der Waals surface area (Å²) in [5.74, 6) is -18.9.